The van der Waals surface area contributed by atoms with Crippen LogP contribution in [0, 0.1) is 0 Å². The number of nitrogens with zero attached hydrogens (tertiary/aromatic N) is 1. The highest BCUT2D eigenvalue weighted by Gasteiger charge is 2.30. The molecule has 1 fully saturated rings. The summed E-state index contributed by atoms with van der Waals surface area (Å²) in [5.41, 5.74) is 1.42. The number of rotatable bonds is 5. The first-order valence-corrected chi connectivity index (χ1v) is 9.79. The number of amides is 2. The number of hydrogen-bond donors (Lipinski definition) is 2. The maximum Gasteiger partial charge on any atom is 0.416 e. The van der Waals surface area contributed by atoms with E-state index in [0.717, 1.165) is 42.5 Å². The van der Waals surface area contributed by atoms with Gasteiger partial charge in [0.25, 0.3) is 0 Å². The predicted molar refractivity (Wildman–Crippen MR) is 106 cm³/mol. The van der Waals surface area contributed by atoms with Crippen molar-refractivity contribution in [3.05, 3.63) is 59.7 Å². The van der Waals surface area contributed by atoms with Crippen LogP contribution in [0.1, 0.15) is 30.4 Å². The Hall–Kier alpha value is -3.03. The molecule has 3 rings (SSSR count). The van der Waals surface area contributed by atoms with Crippen molar-refractivity contribution in [1.82, 2.24) is 10.2 Å². The van der Waals surface area contributed by atoms with Gasteiger partial charge in [-0.1, -0.05) is 36.4 Å². The topological polar surface area (TPSA) is 69.6 Å². The molecule has 5 nitrogen and oxygen atoms in total. The third-order valence-electron chi connectivity index (χ3n) is 5.20. The zero-order valence-corrected chi connectivity index (χ0v) is 16.3. The third kappa shape index (κ3) is 5.52. The molecule has 1 heterocycles. The van der Waals surface area contributed by atoms with Crippen LogP contribution in [-0.2, 0) is 17.4 Å². The second-order valence-corrected chi connectivity index (χ2v) is 7.36. The lowest BCUT2D eigenvalue weighted by molar-refractivity contribution is -0.137. The van der Waals surface area contributed by atoms with Crippen molar-refractivity contribution in [1.29, 1.82) is 0 Å². The summed E-state index contributed by atoms with van der Waals surface area (Å²) >= 11 is 0. The normalized spacial score (nSPS) is 15.5. The zero-order chi connectivity index (χ0) is 21.7. The standard InChI is InChI=1S/C22H23F3N2O3/c23-22(24,25)18-10-8-17(9-11-18)16-6-4-15(5-7-16)14-19(26-21(29)30)20(28)27-12-2-1-3-13-27/h4-11,19,26H,1-3,12-14H2,(H,29,30). The molecule has 0 aliphatic carbocycles. The van der Waals surface area contributed by atoms with E-state index in [9.17, 15) is 22.8 Å². The van der Waals surface area contributed by atoms with E-state index in [0.29, 0.717) is 18.7 Å². The van der Waals surface area contributed by atoms with E-state index in [-0.39, 0.29) is 12.3 Å². The van der Waals surface area contributed by atoms with Crippen LogP contribution in [0.5, 0.6) is 0 Å². The van der Waals surface area contributed by atoms with E-state index in [4.69, 9.17) is 5.11 Å². The first-order chi connectivity index (χ1) is 14.2. The molecule has 2 N–H and O–H groups in total. The van der Waals surface area contributed by atoms with E-state index in [1.54, 1.807) is 29.2 Å². The lowest BCUT2D eigenvalue weighted by Gasteiger charge is -2.30. The third-order valence-corrected chi connectivity index (χ3v) is 5.20. The number of hydrogen-bond acceptors (Lipinski definition) is 2. The molecule has 1 aliphatic rings. The Bertz CT molecular complexity index is 874. The highest BCUT2D eigenvalue weighted by molar-refractivity contribution is 5.85. The summed E-state index contributed by atoms with van der Waals surface area (Å²) in [6, 6.07) is 11.0. The van der Waals surface area contributed by atoms with Crippen LogP contribution in [0.25, 0.3) is 11.1 Å². The molecule has 0 spiro atoms. The van der Waals surface area contributed by atoms with Gasteiger partial charge in [0.1, 0.15) is 6.04 Å². The number of piperidine rings is 1. The second-order valence-electron chi connectivity index (χ2n) is 7.36. The van der Waals surface area contributed by atoms with Crippen molar-refractivity contribution in [3.8, 4) is 11.1 Å². The average molecular weight is 420 g/mol. The fourth-order valence-corrected chi connectivity index (χ4v) is 3.60. The van der Waals surface area contributed by atoms with Gasteiger partial charge in [0.15, 0.2) is 0 Å². The van der Waals surface area contributed by atoms with Crippen LogP contribution in [-0.4, -0.2) is 41.1 Å². The summed E-state index contributed by atoms with van der Waals surface area (Å²) in [6.45, 7) is 1.26. The van der Waals surface area contributed by atoms with Gasteiger partial charge in [-0.25, -0.2) is 4.79 Å². The number of carboxylic acid groups (broad SMARTS) is 1. The molecule has 1 aliphatic heterocycles. The van der Waals surface area contributed by atoms with Crippen molar-refractivity contribution >= 4 is 12.0 Å². The summed E-state index contributed by atoms with van der Waals surface area (Å²) in [7, 11) is 0. The van der Waals surface area contributed by atoms with Gasteiger partial charge in [-0.15, -0.1) is 0 Å². The minimum Gasteiger partial charge on any atom is -0.465 e. The van der Waals surface area contributed by atoms with Gasteiger partial charge in [-0.05, 0) is 48.1 Å². The molecular formula is C22H23F3N2O3. The molecule has 0 saturated carbocycles. The van der Waals surface area contributed by atoms with Crippen molar-refractivity contribution in [2.24, 2.45) is 0 Å². The number of halogens is 3. The Kier molecular flexibility index (Phi) is 6.64. The van der Waals surface area contributed by atoms with Crippen molar-refractivity contribution in [2.75, 3.05) is 13.1 Å². The molecule has 0 aromatic heterocycles. The molecule has 0 radical (unpaired) electrons. The van der Waals surface area contributed by atoms with E-state index >= 15 is 0 Å². The molecule has 30 heavy (non-hydrogen) atoms. The van der Waals surface area contributed by atoms with Gasteiger partial charge in [0.2, 0.25) is 5.91 Å². The van der Waals surface area contributed by atoms with Gasteiger partial charge in [0, 0.05) is 19.5 Å². The van der Waals surface area contributed by atoms with Gasteiger partial charge in [0.05, 0.1) is 5.56 Å². The van der Waals surface area contributed by atoms with Crippen LogP contribution >= 0.6 is 0 Å². The summed E-state index contributed by atoms with van der Waals surface area (Å²) in [5.74, 6) is -0.232. The zero-order valence-electron chi connectivity index (χ0n) is 16.3. The van der Waals surface area contributed by atoms with Gasteiger partial charge < -0.3 is 15.3 Å². The van der Waals surface area contributed by atoms with Crippen molar-refractivity contribution in [2.45, 2.75) is 37.9 Å². The maximum absolute atomic E-state index is 12.7. The number of carbonyl (C=O) groups excluding carboxylic acids is 1. The van der Waals surface area contributed by atoms with Crippen LogP contribution in [0.15, 0.2) is 48.5 Å². The van der Waals surface area contributed by atoms with Crippen molar-refractivity contribution < 1.29 is 27.9 Å². The Balaban J connectivity index is 1.71. The van der Waals surface area contributed by atoms with Crippen LogP contribution in [0.3, 0.4) is 0 Å². The SMILES string of the molecule is O=C(O)NC(Cc1ccc(-c2ccc(C(F)(F)F)cc2)cc1)C(=O)N1CCCCC1. The monoisotopic (exact) mass is 420 g/mol. The molecule has 1 saturated heterocycles. The summed E-state index contributed by atoms with van der Waals surface area (Å²) in [6.07, 6.45) is -2.55. The smallest absolute Gasteiger partial charge is 0.416 e. The number of alkyl halides is 3. The molecule has 1 unspecified atom stereocenters. The minimum atomic E-state index is -4.38. The molecule has 2 aromatic carbocycles. The van der Waals surface area contributed by atoms with Crippen molar-refractivity contribution in [3.63, 3.8) is 0 Å². The van der Waals surface area contributed by atoms with Crippen LogP contribution in [0.2, 0.25) is 0 Å². The lowest BCUT2D eigenvalue weighted by Crippen LogP contribution is -2.50. The highest BCUT2D eigenvalue weighted by Crippen LogP contribution is 2.31. The Morgan fingerprint density at radius 1 is 0.933 bits per heavy atom. The second kappa shape index (κ2) is 9.19. The molecule has 2 aromatic rings. The quantitative estimate of drug-likeness (QED) is 0.745. The fraction of sp³-hybridized carbons (Fsp3) is 0.364. The van der Waals surface area contributed by atoms with E-state index in [1.807, 2.05) is 0 Å². The van der Waals surface area contributed by atoms with Crippen LogP contribution < -0.4 is 5.32 Å². The number of nitrogens with one attached hydrogen (secondary N) is 1. The Labute approximate surface area is 172 Å². The first-order valence-electron chi connectivity index (χ1n) is 9.79. The summed E-state index contributed by atoms with van der Waals surface area (Å²) < 4.78 is 38.1. The molecular weight excluding hydrogens is 397 g/mol. The average Bonchev–Trinajstić information content (AvgIpc) is 2.73. The predicted octanol–water partition coefficient (Wildman–Crippen LogP) is 4.56. The maximum atomic E-state index is 12.7. The number of benzene rings is 2. The van der Waals surface area contributed by atoms with E-state index in [2.05, 4.69) is 5.32 Å². The molecule has 8 heteroatoms. The Morgan fingerprint density at radius 3 is 1.97 bits per heavy atom. The Morgan fingerprint density at radius 2 is 1.47 bits per heavy atom. The molecule has 160 valence electrons. The summed E-state index contributed by atoms with van der Waals surface area (Å²) in [4.78, 5) is 25.6. The number of carbonyl (C=O) groups is 2. The molecule has 1 atom stereocenters. The van der Waals surface area contributed by atoms with E-state index in [1.165, 1.54) is 12.1 Å². The summed E-state index contributed by atoms with van der Waals surface area (Å²) in [5, 5.41) is 11.4. The molecule has 2 amide bonds. The lowest BCUT2D eigenvalue weighted by atomic mass is 9.99. The first kappa shape index (κ1) is 21.7. The highest BCUT2D eigenvalue weighted by atomic mass is 19.4. The van der Waals surface area contributed by atoms with Gasteiger partial charge >= 0.3 is 12.3 Å². The molecule has 0 bridgehead atoms. The number of likely N-dealkylation sites (tertiary alicyclic amines) is 1. The van der Waals surface area contributed by atoms with Gasteiger partial charge in [-0.3, -0.25) is 4.79 Å². The largest absolute Gasteiger partial charge is 0.465 e. The van der Waals surface area contributed by atoms with Gasteiger partial charge in [-0.2, -0.15) is 13.2 Å². The fourth-order valence-electron chi connectivity index (χ4n) is 3.60. The minimum absolute atomic E-state index is 0.203. The van der Waals surface area contributed by atoms with E-state index < -0.39 is 23.9 Å². The van der Waals surface area contributed by atoms with Crippen LogP contribution in [0.4, 0.5) is 18.0 Å².